The number of rotatable bonds is 4. The van der Waals surface area contributed by atoms with Crippen molar-refractivity contribution in [2.45, 2.75) is 16.7 Å². The van der Waals surface area contributed by atoms with Gasteiger partial charge < -0.3 is 10.5 Å². The number of nitrogen functional groups attached to an aromatic ring is 1. The molecule has 0 atom stereocenters. The van der Waals surface area contributed by atoms with Gasteiger partial charge in [0.05, 0.1) is 12.2 Å². The first-order chi connectivity index (χ1) is 9.60. The van der Waals surface area contributed by atoms with E-state index < -0.39 is 0 Å². The lowest BCUT2D eigenvalue weighted by molar-refractivity contribution is 0.0526. The Bertz CT molecular complexity index is 614. The van der Waals surface area contributed by atoms with E-state index in [0.29, 0.717) is 12.2 Å². The van der Waals surface area contributed by atoms with Crippen LogP contribution in [0.15, 0.2) is 52.3 Å². The van der Waals surface area contributed by atoms with Gasteiger partial charge in [0.25, 0.3) is 0 Å². The minimum Gasteiger partial charge on any atom is -0.462 e. The minimum atomic E-state index is -0.289. The number of hydrogen-bond acceptors (Lipinski definition) is 4. The Balaban J connectivity index is 2.10. The maximum atomic E-state index is 11.6. The molecular formula is C15H14INO2S. The van der Waals surface area contributed by atoms with Crippen LogP contribution in [-0.2, 0) is 4.74 Å². The summed E-state index contributed by atoms with van der Waals surface area (Å²) in [7, 11) is 0. The quantitative estimate of drug-likeness (QED) is 0.476. The SMILES string of the molecule is CCOC(=O)c1ccc(Sc2ccc(I)c(N)c2)cc1. The number of ether oxygens (including phenoxy) is 1. The zero-order valence-corrected chi connectivity index (χ0v) is 13.9. The summed E-state index contributed by atoms with van der Waals surface area (Å²) in [6.07, 6.45) is 0. The molecule has 0 saturated heterocycles. The van der Waals surface area contributed by atoms with E-state index in [1.807, 2.05) is 30.3 Å². The highest BCUT2D eigenvalue weighted by molar-refractivity contribution is 14.1. The molecule has 0 amide bonds. The minimum absolute atomic E-state index is 0.289. The van der Waals surface area contributed by atoms with E-state index in [-0.39, 0.29) is 5.97 Å². The molecule has 5 heteroatoms. The van der Waals surface area contributed by atoms with Crippen LogP contribution in [0.1, 0.15) is 17.3 Å². The third-order valence-electron chi connectivity index (χ3n) is 2.57. The number of nitrogens with two attached hydrogens (primary N) is 1. The van der Waals surface area contributed by atoms with Crippen LogP contribution < -0.4 is 5.73 Å². The molecular weight excluding hydrogens is 385 g/mol. The van der Waals surface area contributed by atoms with Gasteiger partial charge in [0.1, 0.15) is 0 Å². The van der Waals surface area contributed by atoms with Crippen LogP contribution in [0.3, 0.4) is 0 Å². The molecule has 20 heavy (non-hydrogen) atoms. The van der Waals surface area contributed by atoms with Crippen molar-refractivity contribution in [1.29, 1.82) is 0 Å². The lowest BCUT2D eigenvalue weighted by atomic mass is 10.2. The van der Waals surface area contributed by atoms with Gasteiger partial charge >= 0.3 is 5.97 Å². The first-order valence-corrected chi connectivity index (χ1v) is 7.99. The van der Waals surface area contributed by atoms with E-state index in [4.69, 9.17) is 10.5 Å². The molecule has 2 N–H and O–H groups in total. The van der Waals surface area contributed by atoms with E-state index >= 15 is 0 Å². The van der Waals surface area contributed by atoms with Gasteiger partial charge in [-0.25, -0.2) is 4.79 Å². The molecule has 0 spiro atoms. The second-order valence-electron chi connectivity index (χ2n) is 4.03. The van der Waals surface area contributed by atoms with E-state index in [9.17, 15) is 4.79 Å². The maximum absolute atomic E-state index is 11.6. The van der Waals surface area contributed by atoms with Crippen molar-refractivity contribution in [2.75, 3.05) is 12.3 Å². The summed E-state index contributed by atoms with van der Waals surface area (Å²) in [5, 5.41) is 0. The molecule has 2 rings (SSSR count). The topological polar surface area (TPSA) is 52.3 Å². The Labute approximate surface area is 136 Å². The number of hydrogen-bond donors (Lipinski definition) is 1. The molecule has 0 radical (unpaired) electrons. The Morgan fingerprint density at radius 1 is 1.20 bits per heavy atom. The van der Waals surface area contributed by atoms with Crippen molar-refractivity contribution in [1.82, 2.24) is 0 Å². The van der Waals surface area contributed by atoms with Crippen LogP contribution in [-0.4, -0.2) is 12.6 Å². The molecule has 0 aliphatic rings. The summed E-state index contributed by atoms with van der Waals surface area (Å²) in [6.45, 7) is 2.18. The molecule has 0 heterocycles. The van der Waals surface area contributed by atoms with Crippen molar-refractivity contribution in [3.05, 3.63) is 51.6 Å². The lowest BCUT2D eigenvalue weighted by Gasteiger charge is -2.05. The van der Waals surface area contributed by atoms with E-state index in [0.717, 1.165) is 19.0 Å². The number of benzene rings is 2. The van der Waals surface area contributed by atoms with Gasteiger partial charge in [-0.15, -0.1) is 0 Å². The molecule has 2 aromatic rings. The van der Waals surface area contributed by atoms with Crippen LogP contribution in [0.2, 0.25) is 0 Å². The normalized spacial score (nSPS) is 10.3. The van der Waals surface area contributed by atoms with Gasteiger partial charge in [0.15, 0.2) is 0 Å². The van der Waals surface area contributed by atoms with Crippen molar-refractivity contribution >= 4 is 46.0 Å². The van der Waals surface area contributed by atoms with Gasteiger partial charge in [-0.3, -0.25) is 0 Å². The molecule has 0 aromatic heterocycles. The molecule has 0 aliphatic carbocycles. The van der Waals surface area contributed by atoms with Crippen LogP contribution in [0, 0.1) is 3.57 Å². The van der Waals surface area contributed by atoms with E-state index in [1.54, 1.807) is 30.8 Å². The van der Waals surface area contributed by atoms with Crippen LogP contribution in [0.25, 0.3) is 0 Å². The number of halogens is 1. The number of anilines is 1. The smallest absolute Gasteiger partial charge is 0.338 e. The average Bonchev–Trinajstić information content (AvgIpc) is 2.44. The second kappa shape index (κ2) is 6.99. The monoisotopic (exact) mass is 399 g/mol. The second-order valence-corrected chi connectivity index (χ2v) is 6.34. The highest BCUT2D eigenvalue weighted by Crippen LogP contribution is 2.30. The highest BCUT2D eigenvalue weighted by Gasteiger charge is 2.06. The first-order valence-electron chi connectivity index (χ1n) is 6.10. The van der Waals surface area contributed by atoms with E-state index in [2.05, 4.69) is 22.6 Å². The molecule has 104 valence electrons. The Hall–Kier alpha value is -1.21. The fraction of sp³-hybridized carbons (Fsp3) is 0.133. The summed E-state index contributed by atoms with van der Waals surface area (Å²) in [4.78, 5) is 13.7. The zero-order chi connectivity index (χ0) is 14.5. The average molecular weight is 399 g/mol. The lowest BCUT2D eigenvalue weighted by Crippen LogP contribution is -2.03. The summed E-state index contributed by atoms with van der Waals surface area (Å²) >= 11 is 3.81. The van der Waals surface area contributed by atoms with Crippen molar-refractivity contribution in [3.8, 4) is 0 Å². The molecule has 2 aromatic carbocycles. The number of carbonyl (C=O) groups excluding carboxylic acids is 1. The third-order valence-corrected chi connectivity index (χ3v) is 4.55. The molecule has 0 fully saturated rings. The van der Waals surface area contributed by atoms with Gasteiger partial charge in [0, 0.05) is 19.0 Å². The summed E-state index contributed by atoms with van der Waals surface area (Å²) < 4.78 is 6.00. The van der Waals surface area contributed by atoms with Gasteiger partial charge in [-0.2, -0.15) is 0 Å². The summed E-state index contributed by atoms with van der Waals surface area (Å²) in [5.41, 5.74) is 7.23. The fourth-order valence-corrected chi connectivity index (χ4v) is 2.80. The van der Waals surface area contributed by atoms with E-state index in [1.165, 1.54) is 0 Å². The van der Waals surface area contributed by atoms with Gasteiger partial charge in [0.2, 0.25) is 0 Å². The molecule has 0 unspecified atom stereocenters. The molecule has 0 aliphatic heterocycles. The number of carbonyl (C=O) groups is 1. The predicted octanol–water partition coefficient (Wildman–Crippen LogP) is 4.20. The third kappa shape index (κ3) is 3.89. The molecule has 0 saturated carbocycles. The van der Waals surface area contributed by atoms with Crippen LogP contribution >= 0.6 is 34.4 Å². The maximum Gasteiger partial charge on any atom is 0.338 e. The summed E-state index contributed by atoms with van der Waals surface area (Å²) in [6, 6.07) is 13.3. The Kier molecular flexibility index (Phi) is 5.31. The number of esters is 1. The van der Waals surface area contributed by atoms with Crippen molar-refractivity contribution < 1.29 is 9.53 Å². The largest absolute Gasteiger partial charge is 0.462 e. The predicted molar refractivity (Wildman–Crippen MR) is 90.1 cm³/mol. The van der Waals surface area contributed by atoms with Gasteiger partial charge in [-0.05, 0) is 72.0 Å². The van der Waals surface area contributed by atoms with Crippen molar-refractivity contribution in [3.63, 3.8) is 0 Å². The van der Waals surface area contributed by atoms with Crippen LogP contribution in [0.5, 0.6) is 0 Å². The Morgan fingerprint density at radius 2 is 1.85 bits per heavy atom. The summed E-state index contributed by atoms with van der Waals surface area (Å²) in [5.74, 6) is -0.289. The fourth-order valence-electron chi connectivity index (χ4n) is 1.59. The zero-order valence-electron chi connectivity index (χ0n) is 10.9. The molecule has 0 bridgehead atoms. The first kappa shape index (κ1) is 15.2. The standard InChI is InChI=1S/C15H14INO2S/c1-2-19-15(18)10-3-5-11(6-4-10)20-12-7-8-13(16)14(17)9-12/h3-9H,2,17H2,1H3. The Morgan fingerprint density at radius 3 is 2.45 bits per heavy atom. The van der Waals surface area contributed by atoms with Crippen LogP contribution in [0.4, 0.5) is 5.69 Å². The highest BCUT2D eigenvalue weighted by atomic mass is 127. The van der Waals surface area contributed by atoms with Crippen molar-refractivity contribution in [2.24, 2.45) is 0 Å². The van der Waals surface area contributed by atoms with Gasteiger partial charge in [-0.1, -0.05) is 11.8 Å². The molecule has 3 nitrogen and oxygen atoms in total.